The van der Waals surface area contributed by atoms with Crippen LogP contribution in [0, 0.1) is 0 Å². The molecule has 1 aliphatic heterocycles. The molecule has 2 rings (SSSR count). The van der Waals surface area contributed by atoms with Gasteiger partial charge in [0.2, 0.25) is 0 Å². The van der Waals surface area contributed by atoms with E-state index in [1.165, 1.54) is 57.2 Å². The second kappa shape index (κ2) is 9.22. The van der Waals surface area contributed by atoms with Gasteiger partial charge in [-0.1, -0.05) is 57.0 Å². The zero-order valence-electron chi connectivity index (χ0n) is 13.9. The number of benzene rings is 1. The van der Waals surface area contributed by atoms with Gasteiger partial charge in [0.15, 0.2) is 0 Å². The van der Waals surface area contributed by atoms with E-state index >= 15 is 0 Å². The van der Waals surface area contributed by atoms with Gasteiger partial charge in [-0.05, 0) is 37.8 Å². The third-order valence-corrected chi connectivity index (χ3v) is 4.50. The molecule has 0 saturated carbocycles. The molecule has 1 saturated heterocycles. The van der Waals surface area contributed by atoms with Crippen LogP contribution in [0.4, 0.5) is 0 Å². The van der Waals surface area contributed by atoms with E-state index in [9.17, 15) is 0 Å². The molecule has 1 N–H and O–H groups in total. The predicted molar refractivity (Wildman–Crippen MR) is 91.5 cm³/mol. The van der Waals surface area contributed by atoms with E-state index in [1.807, 2.05) is 0 Å². The van der Waals surface area contributed by atoms with Gasteiger partial charge < -0.3 is 5.32 Å². The van der Waals surface area contributed by atoms with E-state index in [4.69, 9.17) is 0 Å². The second-order valence-electron chi connectivity index (χ2n) is 6.50. The van der Waals surface area contributed by atoms with Gasteiger partial charge in [-0.15, -0.1) is 0 Å². The largest absolute Gasteiger partial charge is 0.310 e. The third-order valence-electron chi connectivity index (χ3n) is 4.50. The van der Waals surface area contributed by atoms with Crippen molar-refractivity contribution in [2.24, 2.45) is 0 Å². The third kappa shape index (κ3) is 5.80. The van der Waals surface area contributed by atoms with Gasteiger partial charge in [0.25, 0.3) is 0 Å². The summed E-state index contributed by atoms with van der Waals surface area (Å²) in [6.45, 7) is 8.16. The topological polar surface area (TPSA) is 15.3 Å². The van der Waals surface area contributed by atoms with Gasteiger partial charge in [-0.2, -0.15) is 0 Å². The van der Waals surface area contributed by atoms with Crippen LogP contribution in [0.2, 0.25) is 0 Å². The molecule has 2 heteroatoms. The van der Waals surface area contributed by atoms with Gasteiger partial charge in [0, 0.05) is 25.2 Å². The van der Waals surface area contributed by atoms with Crippen LogP contribution >= 0.6 is 0 Å². The molecule has 1 atom stereocenters. The van der Waals surface area contributed by atoms with Crippen molar-refractivity contribution < 1.29 is 0 Å². The van der Waals surface area contributed by atoms with Crippen LogP contribution < -0.4 is 5.32 Å². The number of piperidine rings is 1. The molecule has 118 valence electrons. The van der Waals surface area contributed by atoms with E-state index in [1.54, 1.807) is 0 Å². The Morgan fingerprint density at radius 2 is 1.86 bits per heavy atom. The Kier molecular flexibility index (Phi) is 7.25. The Hall–Kier alpha value is -0.860. The first kappa shape index (κ1) is 16.5. The fraction of sp³-hybridized carbons (Fsp3) is 0.684. The fourth-order valence-corrected chi connectivity index (χ4v) is 3.52. The van der Waals surface area contributed by atoms with E-state index < -0.39 is 0 Å². The van der Waals surface area contributed by atoms with Crippen LogP contribution in [0.25, 0.3) is 0 Å². The Bertz CT molecular complexity index is 370. The molecule has 0 aliphatic carbocycles. The smallest absolute Gasteiger partial charge is 0.0234 e. The van der Waals surface area contributed by atoms with Crippen LogP contribution in [-0.4, -0.2) is 30.1 Å². The first-order chi connectivity index (χ1) is 10.3. The maximum absolute atomic E-state index is 3.93. The molecule has 1 heterocycles. The van der Waals surface area contributed by atoms with Crippen molar-refractivity contribution in [1.82, 2.24) is 10.2 Å². The molecule has 0 amide bonds. The standard InChI is InChI=1S/C19H32N2/c1-3-9-18(10-4-2)20-19-13-8-14-21(16-19)15-17-11-6-5-7-12-17/h5-7,11-12,18-20H,3-4,8-10,13-16H2,1-2H3. The molecule has 0 spiro atoms. The number of hydrogen-bond donors (Lipinski definition) is 1. The predicted octanol–water partition coefficient (Wildman–Crippen LogP) is 4.21. The summed E-state index contributed by atoms with van der Waals surface area (Å²) < 4.78 is 0. The second-order valence-corrected chi connectivity index (χ2v) is 6.50. The van der Waals surface area contributed by atoms with Gasteiger partial charge in [0.05, 0.1) is 0 Å². The normalized spacial score (nSPS) is 20.0. The maximum atomic E-state index is 3.93. The van der Waals surface area contributed by atoms with Gasteiger partial charge >= 0.3 is 0 Å². The van der Waals surface area contributed by atoms with Crippen molar-refractivity contribution >= 4 is 0 Å². The summed E-state index contributed by atoms with van der Waals surface area (Å²) >= 11 is 0. The molecule has 1 aliphatic rings. The lowest BCUT2D eigenvalue weighted by molar-refractivity contribution is 0.172. The highest BCUT2D eigenvalue weighted by Gasteiger charge is 2.21. The molecule has 0 aromatic heterocycles. The Morgan fingerprint density at radius 3 is 2.52 bits per heavy atom. The minimum atomic E-state index is 0.686. The van der Waals surface area contributed by atoms with Gasteiger partial charge in [-0.3, -0.25) is 4.90 Å². The minimum Gasteiger partial charge on any atom is -0.310 e. The van der Waals surface area contributed by atoms with Crippen LogP contribution in [-0.2, 0) is 6.54 Å². The van der Waals surface area contributed by atoms with Crippen molar-refractivity contribution in [1.29, 1.82) is 0 Å². The summed E-state index contributed by atoms with van der Waals surface area (Å²) in [4.78, 5) is 2.62. The van der Waals surface area contributed by atoms with E-state index in [2.05, 4.69) is 54.4 Å². The van der Waals surface area contributed by atoms with Gasteiger partial charge in [-0.25, -0.2) is 0 Å². The average Bonchev–Trinajstić information content (AvgIpc) is 2.49. The van der Waals surface area contributed by atoms with Crippen molar-refractivity contribution in [3.8, 4) is 0 Å². The molecule has 2 nitrogen and oxygen atoms in total. The highest BCUT2D eigenvalue weighted by molar-refractivity contribution is 5.14. The summed E-state index contributed by atoms with van der Waals surface area (Å²) in [5, 5.41) is 3.93. The molecule has 21 heavy (non-hydrogen) atoms. The lowest BCUT2D eigenvalue weighted by Crippen LogP contribution is -2.48. The SMILES string of the molecule is CCCC(CCC)NC1CCCN(Cc2ccccc2)C1. The van der Waals surface area contributed by atoms with E-state index in [-0.39, 0.29) is 0 Å². The zero-order valence-corrected chi connectivity index (χ0v) is 13.9. The average molecular weight is 288 g/mol. The zero-order chi connectivity index (χ0) is 14.9. The number of nitrogens with one attached hydrogen (secondary N) is 1. The molecule has 1 fully saturated rings. The molecule has 1 aromatic rings. The van der Waals surface area contributed by atoms with E-state index in [0.717, 1.165) is 12.6 Å². The highest BCUT2D eigenvalue weighted by Crippen LogP contribution is 2.16. The number of nitrogens with zero attached hydrogens (tertiary/aromatic N) is 1. The Labute approximate surface area is 130 Å². The lowest BCUT2D eigenvalue weighted by atomic mass is 10.0. The van der Waals surface area contributed by atoms with Crippen molar-refractivity contribution in [2.45, 2.75) is 71.0 Å². The van der Waals surface area contributed by atoms with Gasteiger partial charge in [0.1, 0.15) is 0 Å². The summed E-state index contributed by atoms with van der Waals surface area (Å²) in [5.74, 6) is 0. The van der Waals surface area contributed by atoms with Crippen LogP contribution in [0.1, 0.15) is 57.9 Å². The number of hydrogen-bond acceptors (Lipinski definition) is 2. The monoisotopic (exact) mass is 288 g/mol. The quantitative estimate of drug-likeness (QED) is 0.771. The molecule has 0 bridgehead atoms. The minimum absolute atomic E-state index is 0.686. The Morgan fingerprint density at radius 1 is 1.14 bits per heavy atom. The summed E-state index contributed by atoms with van der Waals surface area (Å²) in [6.07, 6.45) is 7.90. The maximum Gasteiger partial charge on any atom is 0.0234 e. The molecule has 1 unspecified atom stereocenters. The van der Waals surface area contributed by atoms with Crippen molar-refractivity contribution in [2.75, 3.05) is 13.1 Å². The summed E-state index contributed by atoms with van der Waals surface area (Å²) in [7, 11) is 0. The van der Waals surface area contributed by atoms with E-state index in [0.29, 0.717) is 6.04 Å². The molecular weight excluding hydrogens is 256 g/mol. The van der Waals surface area contributed by atoms with Crippen LogP contribution in [0.5, 0.6) is 0 Å². The van der Waals surface area contributed by atoms with Crippen molar-refractivity contribution in [3.63, 3.8) is 0 Å². The first-order valence-electron chi connectivity index (χ1n) is 8.84. The summed E-state index contributed by atoms with van der Waals surface area (Å²) in [5.41, 5.74) is 1.44. The highest BCUT2D eigenvalue weighted by atomic mass is 15.2. The number of rotatable bonds is 8. The lowest BCUT2D eigenvalue weighted by Gasteiger charge is -2.35. The molecule has 1 aromatic carbocycles. The first-order valence-corrected chi connectivity index (χ1v) is 8.84. The molecular formula is C19H32N2. The Balaban J connectivity index is 1.82. The van der Waals surface area contributed by atoms with Crippen LogP contribution in [0.3, 0.4) is 0 Å². The fourth-order valence-electron chi connectivity index (χ4n) is 3.52. The van der Waals surface area contributed by atoms with Crippen molar-refractivity contribution in [3.05, 3.63) is 35.9 Å². The molecule has 0 radical (unpaired) electrons. The summed E-state index contributed by atoms with van der Waals surface area (Å²) in [6, 6.07) is 12.3. The van der Waals surface area contributed by atoms with Crippen LogP contribution in [0.15, 0.2) is 30.3 Å². The number of likely N-dealkylation sites (tertiary alicyclic amines) is 1.